The molecule has 0 aliphatic rings. The maximum atomic E-state index is 8.99. The molecule has 0 fully saturated rings. The van der Waals surface area contributed by atoms with Crippen molar-refractivity contribution in [2.24, 2.45) is 0 Å². The van der Waals surface area contributed by atoms with E-state index in [9.17, 15) is 0 Å². The molecule has 0 unspecified atom stereocenters. The molecular formula is C9H6Cl2OS. The van der Waals surface area contributed by atoms with E-state index in [0.717, 1.165) is 15.0 Å². The lowest BCUT2D eigenvalue weighted by atomic mass is 10.2. The second kappa shape index (κ2) is 3.46. The van der Waals surface area contributed by atoms with E-state index in [1.807, 2.05) is 12.1 Å². The van der Waals surface area contributed by atoms with Gasteiger partial charge in [-0.2, -0.15) is 0 Å². The van der Waals surface area contributed by atoms with Crippen LogP contribution in [0.2, 0.25) is 10.0 Å². The van der Waals surface area contributed by atoms with Crippen LogP contribution in [0, 0.1) is 0 Å². The Labute approximate surface area is 89.5 Å². The van der Waals surface area contributed by atoms with E-state index in [0.29, 0.717) is 10.0 Å². The van der Waals surface area contributed by atoms with Crippen molar-refractivity contribution in [2.75, 3.05) is 0 Å². The molecule has 0 amide bonds. The molecule has 1 nitrogen and oxygen atoms in total. The van der Waals surface area contributed by atoms with Gasteiger partial charge in [0, 0.05) is 15.0 Å². The second-order valence-corrected chi connectivity index (χ2v) is 4.53. The number of hydrogen-bond acceptors (Lipinski definition) is 2. The number of thiophene rings is 1. The van der Waals surface area contributed by atoms with Crippen molar-refractivity contribution in [3.63, 3.8) is 0 Å². The standard InChI is InChI=1S/C9H6Cl2OS/c10-5-2-1-3-6-8(5)9(11)7(4-12)13-6/h1-3,12H,4H2. The Morgan fingerprint density at radius 1 is 1.31 bits per heavy atom. The van der Waals surface area contributed by atoms with Crippen LogP contribution in [0.25, 0.3) is 10.1 Å². The molecular weight excluding hydrogens is 227 g/mol. The molecule has 1 N–H and O–H groups in total. The van der Waals surface area contributed by atoms with Gasteiger partial charge >= 0.3 is 0 Å². The molecule has 1 heterocycles. The molecule has 4 heteroatoms. The molecule has 0 atom stereocenters. The number of aliphatic hydroxyl groups excluding tert-OH is 1. The largest absolute Gasteiger partial charge is 0.391 e. The lowest BCUT2D eigenvalue weighted by Crippen LogP contribution is -1.74. The third-order valence-corrected chi connectivity index (χ3v) is 3.80. The molecule has 0 bridgehead atoms. The Morgan fingerprint density at radius 3 is 2.69 bits per heavy atom. The van der Waals surface area contributed by atoms with Gasteiger partial charge in [0.2, 0.25) is 0 Å². The van der Waals surface area contributed by atoms with Crippen molar-refractivity contribution >= 4 is 44.6 Å². The number of fused-ring (bicyclic) bond motifs is 1. The molecule has 0 spiro atoms. The summed E-state index contributed by atoms with van der Waals surface area (Å²) in [6, 6.07) is 5.61. The molecule has 2 aromatic rings. The summed E-state index contributed by atoms with van der Waals surface area (Å²) >= 11 is 13.5. The van der Waals surface area contributed by atoms with Gasteiger partial charge < -0.3 is 5.11 Å². The monoisotopic (exact) mass is 232 g/mol. The van der Waals surface area contributed by atoms with Crippen molar-refractivity contribution in [3.05, 3.63) is 33.1 Å². The molecule has 68 valence electrons. The summed E-state index contributed by atoms with van der Waals surface area (Å²) in [5.74, 6) is 0. The van der Waals surface area contributed by atoms with Crippen LogP contribution < -0.4 is 0 Å². The molecule has 0 aliphatic heterocycles. The van der Waals surface area contributed by atoms with Gasteiger partial charge in [0.1, 0.15) is 0 Å². The normalized spacial score (nSPS) is 11.0. The quantitative estimate of drug-likeness (QED) is 0.796. The summed E-state index contributed by atoms with van der Waals surface area (Å²) in [5.41, 5.74) is 0. The highest BCUT2D eigenvalue weighted by atomic mass is 35.5. The molecule has 0 radical (unpaired) electrons. The van der Waals surface area contributed by atoms with Crippen molar-refractivity contribution in [1.82, 2.24) is 0 Å². The van der Waals surface area contributed by atoms with Gasteiger partial charge in [-0.1, -0.05) is 29.3 Å². The smallest absolute Gasteiger partial charge is 0.0789 e. The maximum Gasteiger partial charge on any atom is 0.0789 e. The zero-order chi connectivity index (χ0) is 9.42. The molecule has 1 aromatic carbocycles. The van der Waals surface area contributed by atoms with E-state index in [2.05, 4.69) is 0 Å². The molecule has 1 aromatic heterocycles. The number of halogens is 2. The van der Waals surface area contributed by atoms with Gasteiger partial charge in [-0.3, -0.25) is 0 Å². The average molecular weight is 233 g/mol. The van der Waals surface area contributed by atoms with Crippen molar-refractivity contribution in [3.8, 4) is 0 Å². The number of hydrogen-bond donors (Lipinski definition) is 1. The van der Waals surface area contributed by atoms with E-state index in [-0.39, 0.29) is 6.61 Å². The first-order valence-electron chi connectivity index (χ1n) is 3.70. The molecule has 0 aliphatic carbocycles. The third-order valence-electron chi connectivity index (χ3n) is 1.82. The predicted molar refractivity (Wildman–Crippen MR) is 57.8 cm³/mol. The van der Waals surface area contributed by atoms with Crippen LogP contribution >= 0.6 is 34.5 Å². The van der Waals surface area contributed by atoms with Crippen molar-refractivity contribution < 1.29 is 5.11 Å². The fraction of sp³-hybridized carbons (Fsp3) is 0.111. The van der Waals surface area contributed by atoms with E-state index in [1.54, 1.807) is 6.07 Å². The molecule has 0 saturated heterocycles. The maximum absolute atomic E-state index is 8.99. The fourth-order valence-electron chi connectivity index (χ4n) is 1.22. The Kier molecular flexibility index (Phi) is 2.47. The van der Waals surface area contributed by atoms with Gasteiger partial charge in [0.05, 0.1) is 16.7 Å². The van der Waals surface area contributed by atoms with Crippen molar-refractivity contribution in [1.29, 1.82) is 0 Å². The summed E-state index contributed by atoms with van der Waals surface area (Å²) < 4.78 is 1.02. The Hall–Kier alpha value is -0.280. The van der Waals surface area contributed by atoms with Gasteiger partial charge in [-0.05, 0) is 12.1 Å². The second-order valence-electron chi connectivity index (χ2n) is 2.61. The first-order valence-corrected chi connectivity index (χ1v) is 5.27. The summed E-state index contributed by atoms with van der Waals surface area (Å²) in [6.45, 7) is -0.0332. The van der Waals surface area contributed by atoms with Gasteiger partial charge in [-0.25, -0.2) is 0 Å². The minimum absolute atomic E-state index is 0.0332. The van der Waals surface area contributed by atoms with E-state index >= 15 is 0 Å². The van der Waals surface area contributed by atoms with Crippen LogP contribution in [0.3, 0.4) is 0 Å². The summed E-state index contributed by atoms with van der Waals surface area (Å²) in [6.07, 6.45) is 0. The van der Waals surface area contributed by atoms with E-state index < -0.39 is 0 Å². The van der Waals surface area contributed by atoms with Gasteiger partial charge in [0.25, 0.3) is 0 Å². The SMILES string of the molecule is OCc1sc2cccc(Cl)c2c1Cl. The third kappa shape index (κ3) is 1.44. The molecule has 0 saturated carbocycles. The molecule has 13 heavy (non-hydrogen) atoms. The Bertz CT molecular complexity index is 450. The van der Waals surface area contributed by atoms with E-state index in [1.165, 1.54) is 11.3 Å². The highest BCUT2D eigenvalue weighted by Crippen LogP contribution is 2.39. The predicted octanol–water partition coefficient (Wildman–Crippen LogP) is 3.70. The van der Waals surface area contributed by atoms with Crippen LogP contribution in [0.1, 0.15) is 4.88 Å². The fourth-order valence-corrected chi connectivity index (χ4v) is 3.01. The minimum Gasteiger partial charge on any atom is -0.391 e. The minimum atomic E-state index is -0.0332. The first kappa shape index (κ1) is 9.28. The van der Waals surface area contributed by atoms with E-state index in [4.69, 9.17) is 28.3 Å². The molecule has 2 rings (SSSR count). The van der Waals surface area contributed by atoms with Crippen LogP contribution in [0.15, 0.2) is 18.2 Å². The Morgan fingerprint density at radius 2 is 2.08 bits per heavy atom. The van der Waals surface area contributed by atoms with Crippen LogP contribution in [-0.4, -0.2) is 5.11 Å². The number of benzene rings is 1. The van der Waals surface area contributed by atoms with Gasteiger partial charge in [0.15, 0.2) is 0 Å². The van der Waals surface area contributed by atoms with Crippen molar-refractivity contribution in [2.45, 2.75) is 6.61 Å². The highest BCUT2D eigenvalue weighted by Gasteiger charge is 2.11. The van der Waals surface area contributed by atoms with Crippen LogP contribution in [0.5, 0.6) is 0 Å². The summed E-state index contributed by atoms with van der Waals surface area (Å²) in [4.78, 5) is 0.768. The topological polar surface area (TPSA) is 20.2 Å². The number of rotatable bonds is 1. The van der Waals surface area contributed by atoms with Gasteiger partial charge in [-0.15, -0.1) is 11.3 Å². The lowest BCUT2D eigenvalue weighted by Gasteiger charge is -1.93. The summed E-state index contributed by atoms with van der Waals surface area (Å²) in [5, 5.41) is 11.1. The van der Waals surface area contributed by atoms with Crippen LogP contribution in [-0.2, 0) is 6.61 Å². The Balaban J connectivity index is 2.85. The first-order chi connectivity index (χ1) is 6.24. The average Bonchev–Trinajstić information content (AvgIpc) is 2.44. The summed E-state index contributed by atoms with van der Waals surface area (Å²) in [7, 11) is 0. The zero-order valence-electron chi connectivity index (χ0n) is 6.55. The highest BCUT2D eigenvalue weighted by molar-refractivity contribution is 7.19. The lowest BCUT2D eigenvalue weighted by molar-refractivity contribution is 0.285. The number of aliphatic hydroxyl groups is 1. The zero-order valence-corrected chi connectivity index (χ0v) is 8.88. The van der Waals surface area contributed by atoms with Crippen LogP contribution in [0.4, 0.5) is 0 Å².